The van der Waals surface area contributed by atoms with Crippen LogP contribution in [-0.2, 0) is 9.59 Å². The Morgan fingerprint density at radius 2 is 0.719 bits per heavy atom. The van der Waals surface area contributed by atoms with Crippen molar-refractivity contribution in [2.24, 2.45) is 10.8 Å². The van der Waals surface area contributed by atoms with Gasteiger partial charge in [0.1, 0.15) is 0 Å². The van der Waals surface area contributed by atoms with Crippen molar-refractivity contribution >= 4 is 33.2 Å². The molecule has 0 amide bonds. The first-order chi connectivity index (χ1) is 13.7. The number of ketones is 2. The fourth-order valence-electron chi connectivity index (χ4n) is 3.15. The Labute approximate surface area is 207 Å². The number of Topliss-reactive ketones (excluding diaryl/α,β-unsaturated/α-hetero) is 2. The molecule has 2 atom stereocenters. The Morgan fingerprint density at radius 3 is 0.875 bits per heavy atom. The van der Waals surface area contributed by atoms with E-state index in [1.165, 1.54) is 0 Å². The Balaban J connectivity index is 5.98. The van der Waals surface area contributed by atoms with Crippen LogP contribution >= 0.6 is 21.6 Å². The fraction of sp³-hybridized carbons (Fsp3) is 0.923. The zero-order chi connectivity index (χ0) is 26.1. The number of hydrogen-bond acceptors (Lipinski definition) is 6. The van der Waals surface area contributed by atoms with E-state index < -0.39 is 10.8 Å². The summed E-state index contributed by atoms with van der Waals surface area (Å²) < 4.78 is -0.757. The summed E-state index contributed by atoms with van der Waals surface area (Å²) in [7, 11) is 3.40. The highest BCUT2D eigenvalue weighted by Crippen LogP contribution is 2.48. The third-order valence-corrected chi connectivity index (χ3v) is 9.26. The van der Waals surface area contributed by atoms with Crippen molar-refractivity contribution < 1.29 is 9.59 Å². The van der Waals surface area contributed by atoms with Gasteiger partial charge in [-0.25, -0.2) is 0 Å². The summed E-state index contributed by atoms with van der Waals surface area (Å²) in [5, 5.41) is 7.17. The molecule has 4 nitrogen and oxygen atoms in total. The van der Waals surface area contributed by atoms with E-state index in [0.717, 1.165) is 0 Å². The second kappa shape index (κ2) is 10.3. The fourth-order valence-corrected chi connectivity index (χ4v) is 5.97. The molecular formula is C26H52N2O2S2. The van der Waals surface area contributed by atoms with E-state index in [-0.39, 0.29) is 44.2 Å². The van der Waals surface area contributed by atoms with E-state index in [1.807, 2.05) is 41.5 Å². The minimum atomic E-state index is -0.445. The summed E-state index contributed by atoms with van der Waals surface area (Å²) in [5.41, 5.74) is -1.27. The van der Waals surface area contributed by atoms with Gasteiger partial charge in [-0.2, -0.15) is 0 Å². The van der Waals surface area contributed by atoms with E-state index in [9.17, 15) is 9.59 Å². The Kier molecular flexibility index (Phi) is 10.3. The Bertz CT molecular complexity index is 599. The molecule has 0 aromatic heterocycles. The van der Waals surface area contributed by atoms with Crippen molar-refractivity contribution in [2.45, 2.75) is 143 Å². The van der Waals surface area contributed by atoms with E-state index in [2.05, 4.69) is 79.9 Å². The molecule has 2 N–H and O–H groups in total. The second-order valence-electron chi connectivity index (χ2n) is 14.3. The topological polar surface area (TPSA) is 58.2 Å². The van der Waals surface area contributed by atoms with Crippen LogP contribution in [0.5, 0.6) is 0 Å². The van der Waals surface area contributed by atoms with Crippen molar-refractivity contribution in [3.63, 3.8) is 0 Å². The van der Waals surface area contributed by atoms with Crippen LogP contribution in [-0.4, -0.2) is 44.2 Å². The molecule has 0 bridgehead atoms. The molecule has 0 aromatic carbocycles. The van der Waals surface area contributed by atoms with Crippen molar-refractivity contribution in [1.29, 1.82) is 0 Å². The summed E-state index contributed by atoms with van der Waals surface area (Å²) in [5.74, 6) is 0.414. The predicted octanol–water partition coefficient (Wildman–Crippen LogP) is 6.67. The lowest BCUT2D eigenvalue weighted by Crippen LogP contribution is -2.60. The van der Waals surface area contributed by atoms with Gasteiger partial charge < -0.3 is 10.6 Å². The molecule has 0 saturated heterocycles. The van der Waals surface area contributed by atoms with E-state index in [1.54, 1.807) is 21.6 Å². The summed E-state index contributed by atoms with van der Waals surface area (Å²) in [6.07, 6.45) is 0. The monoisotopic (exact) mass is 488 g/mol. The lowest BCUT2D eigenvalue weighted by molar-refractivity contribution is -0.130. The van der Waals surface area contributed by atoms with E-state index >= 15 is 0 Å². The largest absolute Gasteiger partial charge is 0.302 e. The van der Waals surface area contributed by atoms with Gasteiger partial charge in [0.25, 0.3) is 0 Å². The van der Waals surface area contributed by atoms with Gasteiger partial charge in [0.15, 0.2) is 11.6 Å². The maximum Gasteiger partial charge on any atom is 0.156 e. The number of carbonyl (C=O) groups excluding carboxylic acids is 2. The zero-order valence-electron chi connectivity index (χ0n) is 23.8. The SMILES string of the molecule is CC(C)(C)NC(C(=O)C(C)(C)C)C(C)(C)SSC(C)(C)C(NC(C)(C)C)C(=O)C(C)(C)C. The first kappa shape index (κ1) is 32.0. The molecule has 0 heterocycles. The smallest absolute Gasteiger partial charge is 0.156 e. The third-order valence-electron chi connectivity index (χ3n) is 5.02. The quantitative estimate of drug-likeness (QED) is 0.354. The maximum atomic E-state index is 13.4. The van der Waals surface area contributed by atoms with Crippen molar-refractivity contribution in [2.75, 3.05) is 0 Å². The van der Waals surface area contributed by atoms with E-state index in [4.69, 9.17) is 0 Å². The van der Waals surface area contributed by atoms with Crippen molar-refractivity contribution in [3.05, 3.63) is 0 Å². The van der Waals surface area contributed by atoms with Crippen molar-refractivity contribution in [1.82, 2.24) is 10.6 Å². The molecule has 0 radical (unpaired) electrons. The molecule has 0 fully saturated rings. The first-order valence-electron chi connectivity index (χ1n) is 11.7. The summed E-state index contributed by atoms with van der Waals surface area (Å²) >= 11 is 0. The minimum absolute atomic E-state index is 0.192. The molecule has 0 aliphatic heterocycles. The standard InChI is InChI=1S/C26H52N2O2S2/c1-21(2,3)19(29)17(27-23(7,8)9)25(13,14)31-32-26(15,16)18(28-24(10,11)12)20(30)22(4,5)6/h17-18,27-28H,1-16H3. The van der Waals surface area contributed by atoms with Crippen LogP contribution in [0.15, 0.2) is 0 Å². The lowest BCUT2D eigenvalue weighted by Gasteiger charge is -2.44. The van der Waals surface area contributed by atoms with Crippen LogP contribution in [0.3, 0.4) is 0 Å². The molecule has 0 saturated carbocycles. The van der Waals surface area contributed by atoms with Gasteiger partial charge in [0.2, 0.25) is 0 Å². The van der Waals surface area contributed by atoms with Crippen molar-refractivity contribution in [3.8, 4) is 0 Å². The molecule has 0 spiro atoms. The van der Waals surface area contributed by atoms with Gasteiger partial charge in [-0.3, -0.25) is 9.59 Å². The molecule has 2 unspecified atom stereocenters. The molecule has 0 aliphatic carbocycles. The van der Waals surface area contributed by atoms with Gasteiger partial charge in [-0.15, -0.1) is 0 Å². The molecule has 0 aromatic rings. The molecule has 0 rings (SSSR count). The van der Waals surface area contributed by atoms with Gasteiger partial charge in [-0.1, -0.05) is 63.1 Å². The highest BCUT2D eigenvalue weighted by molar-refractivity contribution is 8.77. The van der Waals surface area contributed by atoms with Crippen LogP contribution in [0.4, 0.5) is 0 Å². The molecular weight excluding hydrogens is 436 g/mol. The first-order valence-corrected chi connectivity index (χ1v) is 13.9. The minimum Gasteiger partial charge on any atom is -0.302 e. The van der Waals surface area contributed by atoms with Crippen LogP contribution < -0.4 is 10.6 Å². The number of carbonyl (C=O) groups is 2. The van der Waals surface area contributed by atoms with Gasteiger partial charge >= 0.3 is 0 Å². The summed E-state index contributed by atoms with van der Waals surface area (Å²) in [6, 6.07) is -0.633. The molecule has 6 heteroatoms. The number of hydrogen-bond donors (Lipinski definition) is 2. The zero-order valence-corrected chi connectivity index (χ0v) is 25.4. The van der Waals surface area contributed by atoms with Crippen LogP contribution in [0, 0.1) is 10.8 Å². The van der Waals surface area contributed by atoms with Gasteiger partial charge in [0, 0.05) is 31.4 Å². The van der Waals surface area contributed by atoms with Crippen LogP contribution in [0.25, 0.3) is 0 Å². The van der Waals surface area contributed by atoms with Gasteiger partial charge in [0.05, 0.1) is 12.1 Å². The molecule has 32 heavy (non-hydrogen) atoms. The van der Waals surface area contributed by atoms with Crippen LogP contribution in [0.1, 0.15) is 111 Å². The summed E-state index contributed by atoms with van der Waals surface area (Å²) in [6.45, 7) is 33.0. The molecule has 0 aliphatic rings. The number of rotatable bonds is 9. The predicted molar refractivity (Wildman–Crippen MR) is 146 cm³/mol. The average molecular weight is 489 g/mol. The normalized spacial score (nSPS) is 16.6. The highest BCUT2D eigenvalue weighted by Gasteiger charge is 2.46. The molecule has 190 valence electrons. The second-order valence-corrected chi connectivity index (χ2v) is 17.7. The Morgan fingerprint density at radius 1 is 0.500 bits per heavy atom. The highest BCUT2D eigenvalue weighted by atomic mass is 33.1. The maximum absolute atomic E-state index is 13.4. The van der Waals surface area contributed by atoms with Gasteiger partial charge in [-0.05, 0) is 69.2 Å². The third kappa shape index (κ3) is 10.5. The van der Waals surface area contributed by atoms with E-state index in [0.29, 0.717) is 0 Å². The number of nitrogens with one attached hydrogen (secondary N) is 2. The lowest BCUT2D eigenvalue weighted by atomic mass is 9.81. The Hall–Kier alpha value is -0.0400. The summed E-state index contributed by atoms with van der Waals surface area (Å²) in [4.78, 5) is 26.8. The average Bonchev–Trinajstić information content (AvgIpc) is 2.51. The van der Waals surface area contributed by atoms with Crippen LogP contribution in [0.2, 0.25) is 0 Å².